The molecule has 0 fully saturated rings. The predicted octanol–water partition coefficient (Wildman–Crippen LogP) is 3.11. The number of amides is 1. The van der Waals surface area contributed by atoms with Gasteiger partial charge in [-0.05, 0) is 18.6 Å². The van der Waals surface area contributed by atoms with E-state index in [0.717, 1.165) is 5.56 Å². The number of carboxylic acid groups (broad SMARTS) is 1. The number of carbonyl (C=O) groups excluding carboxylic acids is 1. The first-order valence-corrected chi connectivity index (χ1v) is 7.70. The summed E-state index contributed by atoms with van der Waals surface area (Å²) in [5.74, 6) is -0.738. The number of aliphatic carboxylic acids is 1. The topological polar surface area (TPSA) is 66.4 Å². The van der Waals surface area contributed by atoms with E-state index in [9.17, 15) is 9.59 Å². The Labute approximate surface area is 127 Å². The monoisotopic (exact) mass is 315 g/mol. The molecule has 0 aliphatic rings. The Hall–Kier alpha value is -1.20. The summed E-state index contributed by atoms with van der Waals surface area (Å²) in [5.41, 5.74) is 0.867. The molecule has 110 valence electrons. The van der Waals surface area contributed by atoms with Gasteiger partial charge in [0.1, 0.15) is 0 Å². The summed E-state index contributed by atoms with van der Waals surface area (Å²) in [6.07, 6.45) is 0.0536. The Balaban J connectivity index is 2.43. The lowest BCUT2D eigenvalue weighted by molar-refractivity contribution is -0.136. The molecule has 0 saturated carbocycles. The van der Waals surface area contributed by atoms with Gasteiger partial charge in [-0.1, -0.05) is 36.7 Å². The molecule has 0 bridgehead atoms. The molecule has 0 aromatic heterocycles. The van der Waals surface area contributed by atoms with Gasteiger partial charge in [0.25, 0.3) is 0 Å². The van der Waals surface area contributed by atoms with Gasteiger partial charge in [-0.15, -0.1) is 11.8 Å². The summed E-state index contributed by atoms with van der Waals surface area (Å²) in [4.78, 5) is 22.3. The minimum Gasteiger partial charge on any atom is -0.481 e. The Morgan fingerprint density at radius 2 is 2.00 bits per heavy atom. The van der Waals surface area contributed by atoms with Crippen LogP contribution in [0, 0.1) is 0 Å². The van der Waals surface area contributed by atoms with Crippen molar-refractivity contribution >= 4 is 35.2 Å². The van der Waals surface area contributed by atoms with Crippen LogP contribution in [0.25, 0.3) is 0 Å². The molecule has 1 rings (SSSR count). The second-order valence-corrected chi connectivity index (χ2v) is 6.36. The van der Waals surface area contributed by atoms with Crippen molar-refractivity contribution in [2.45, 2.75) is 31.6 Å². The van der Waals surface area contributed by atoms with Crippen LogP contribution in [0.4, 0.5) is 0 Å². The molecule has 0 radical (unpaired) electrons. The maximum Gasteiger partial charge on any atom is 0.304 e. The van der Waals surface area contributed by atoms with E-state index in [1.54, 1.807) is 13.0 Å². The molecule has 0 aliphatic carbocycles. The van der Waals surface area contributed by atoms with E-state index in [-0.39, 0.29) is 29.4 Å². The lowest BCUT2D eigenvalue weighted by Gasteiger charge is -2.16. The zero-order chi connectivity index (χ0) is 15.1. The summed E-state index contributed by atoms with van der Waals surface area (Å²) in [6.45, 7) is 3.66. The second-order valence-electron chi connectivity index (χ2n) is 4.53. The van der Waals surface area contributed by atoms with Gasteiger partial charge in [0, 0.05) is 10.3 Å². The third-order valence-corrected chi connectivity index (χ3v) is 4.22. The average molecular weight is 316 g/mol. The van der Waals surface area contributed by atoms with E-state index < -0.39 is 5.97 Å². The van der Waals surface area contributed by atoms with Gasteiger partial charge < -0.3 is 10.4 Å². The maximum atomic E-state index is 11.8. The van der Waals surface area contributed by atoms with Crippen LogP contribution in [0.2, 0.25) is 5.02 Å². The van der Waals surface area contributed by atoms with Crippen molar-refractivity contribution in [3.63, 3.8) is 0 Å². The Bertz CT molecular complexity index is 481. The van der Waals surface area contributed by atoms with Crippen LogP contribution in [0.15, 0.2) is 24.3 Å². The molecule has 4 nitrogen and oxygen atoms in total. The minimum atomic E-state index is -0.852. The number of carboxylic acids is 1. The molecular formula is C14H18ClNO3S. The van der Waals surface area contributed by atoms with E-state index >= 15 is 0 Å². The third-order valence-electron chi connectivity index (χ3n) is 2.71. The highest BCUT2D eigenvalue weighted by atomic mass is 35.5. The predicted molar refractivity (Wildman–Crippen MR) is 82.2 cm³/mol. The fraction of sp³-hybridized carbons (Fsp3) is 0.429. The van der Waals surface area contributed by atoms with E-state index in [4.69, 9.17) is 16.7 Å². The molecule has 1 amide bonds. The smallest absolute Gasteiger partial charge is 0.304 e. The van der Waals surface area contributed by atoms with Gasteiger partial charge in [0.15, 0.2) is 0 Å². The maximum absolute atomic E-state index is 11.8. The van der Waals surface area contributed by atoms with E-state index in [1.165, 1.54) is 11.8 Å². The largest absolute Gasteiger partial charge is 0.481 e. The lowest BCUT2D eigenvalue weighted by Crippen LogP contribution is -2.29. The fourth-order valence-corrected chi connectivity index (χ4v) is 2.79. The van der Waals surface area contributed by atoms with Crippen molar-refractivity contribution in [3.8, 4) is 0 Å². The Kier molecular flexibility index (Phi) is 6.88. The average Bonchev–Trinajstić information content (AvgIpc) is 2.36. The van der Waals surface area contributed by atoms with Crippen molar-refractivity contribution in [1.29, 1.82) is 0 Å². The molecule has 2 N–H and O–H groups in total. The Morgan fingerprint density at radius 3 is 2.60 bits per heavy atom. The molecule has 1 aromatic rings. The number of hydrogen-bond donors (Lipinski definition) is 2. The van der Waals surface area contributed by atoms with Crippen molar-refractivity contribution in [1.82, 2.24) is 5.32 Å². The molecule has 20 heavy (non-hydrogen) atoms. The van der Waals surface area contributed by atoms with Gasteiger partial charge in [0.05, 0.1) is 18.2 Å². The van der Waals surface area contributed by atoms with E-state index in [0.29, 0.717) is 5.02 Å². The van der Waals surface area contributed by atoms with Crippen LogP contribution >= 0.6 is 23.4 Å². The number of carbonyl (C=O) groups is 2. The van der Waals surface area contributed by atoms with Crippen molar-refractivity contribution in [2.24, 2.45) is 0 Å². The van der Waals surface area contributed by atoms with Crippen LogP contribution in [-0.4, -0.2) is 28.0 Å². The summed E-state index contributed by atoms with van der Waals surface area (Å²) < 4.78 is 0. The number of rotatable bonds is 7. The summed E-state index contributed by atoms with van der Waals surface area (Å²) in [6, 6.07) is 7.18. The molecule has 0 saturated heterocycles. The first-order valence-electron chi connectivity index (χ1n) is 6.27. The SMILES string of the molecule is CC(CC(=O)O)SCC(=O)NC(C)c1ccccc1Cl. The first kappa shape index (κ1) is 16.9. The summed E-state index contributed by atoms with van der Waals surface area (Å²) >= 11 is 7.39. The van der Waals surface area contributed by atoms with E-state index in [2.05, 4.69) is 5.32 Å². The zero-order valence-electron chi connectivity index (χ0n) is 11.4. The normalized spacial score (nSPS) is 13.6. The molecule has 0 aliphatic heterocycles. The van der Waals surface area contributed by atoms with Gasteiger partial charge in [0.2, 0.25) is 5.91 Å². The molecular weight excluding hydrogens is 298 g/mol. The lowest BCUT2D eigenvalue weighted by atomic mass is 10.1. The minimum absolute atomic E-state index is 0.0536. The standard InChI is InChI=1S/C14H18ClNO3S/c1-9(7-14(18)19)20-8-13(17)16-10(2)11-5-3-4-6-12(11)15/h3-6,9-10H,7-8H2,1-2H3,(H,16,17)(H,18,19). The highest BCUT2D eigenvalue weighted by Crippen LogP contribution is 2.22. The second kappa shape index (κ2) is 8.17. The molecule has 2 atom stereocenters. The number of nitrogens with one attached hydrogen (secondary N) is 1. The molecule has 1 aromatic carbocycles. The zero-order valence-corrected chi connectivity index (χ0v) is 13.0. The van der Waals surface area contributed by atoms with Crippen LogP contribution in [-0.2, 0) is 9.59 Å². The molecule has 6 heteroatoms. The quantitative estimate of drug-likeness (QED) is 0.811. The first-order chi connectivity index (χ1) is 9.40. The number of halogens is 1. The van der Waals surface area contributed by atoms with Gasteiger partial charge in [-0.2, -0.15) is 0 Å². The van der Waals surface area contributed by atoms with Gasteiger partial charge in [-0.25, -0.2) is 0 Å². The summed E-state index contributed by atoms with van der Waals surface area (Å²) in [5, 5.41) is 12.0. The van der Waals surface area contributed by atoms with Crippen LogP contribution < -0.4 is 5.32 Å². The molecule has 0 spiro atoms. The Morgan fingerprint density at radius 1 is 1.35 bits per heavy atom. The molecule has 0 heterocycles. The highest BCUT2D eigenvalue weighted by molar-refractivity contribution is 8.00. The van der Waals surface area contributed by atoms with Gasteiger partial charge in [-0.3, -0.25) is 9.59 Å². The molecule has 2 unspecified atom stereocenters. The van der Waals surface area contributed by atoms with Crippen LogP contribution in [0.1, 0.15) is 31.9 Å². The van der Waals surface area contributed by atoms with Crippen molar-refractivity contribution in [3.05, 3.63) is 34.9 Å². The number of hydrogen-bond acceptors (Lipinski definition) is 3. The van der Waals surface area contributed by atoms with Crippen molar-refractivity contribution in [2.75, 3.05) is 5.75 Å². The van der Waals surface area contributed by atoms with E-state index in [1.807, 2.05) is 25.1 Å². The fourth-order valence-electron chi connectivity index (χ4n) is 1.71. The van der Waals surface area contributed by atoms with Crippen LogP contribution in [0.3, 0.4) is 0 Å². The highest BCUT2D eigenvalue weighted by Gasteiger charge is 2.14. The number of benzene rings is 1. The number of thioether (sulfide) groups is 1. The third kappa shape index (κ3) is 5.84. The van der Waals surface area contributed by atoms with Gasteiger partial charge >= 0.3 is 5.97 Å². The summed E-state index contributed by atoms with van der Waals surface area (Å²) in [7, 11) is 0. The van der Waals surface area contributed by atoms with Crippen molar-refractivity contribution < 1.29 is 14.7 Å². The van der Waals surface area contributed by atoms with Crippen LogP contribution in [0.5, 0.6) is 0 Å².